The topological polar surface area (TPSA) is 15.3 Å². The van der Waals surface area contributed by atoms with E-state index in [0.717, 1.165) is 13.1 Å². The van der Waals surface area contributed by atoms with Crippen molar-refractivity contribution < 1.29 is 0 Å². The van der Waals surface area contributed by atoms with Crippen LogP contribution in [0.25, 0.3) is 0 Å². The van der Waals surface area contributed by atoms with Crippen molar-refractivity contribution in [3.05, 3.63) is 71.3 Å². The van der Waals surface area contributed by atoms with Gasteiger partial charge in [-0.3, -0.25) is 10.2 Å². The van der Waals surface area contributed by atoms with Crippen molar-refractivity contribution in [2.24, 2.45) is 0 Å². The molecule has 110 valence electrons. The van der Waals surface area contributed by atoms with Crippen molar-refractivity contribution in [2.45, 2.75) is 39.0 Å². The van der Waals surface area contributed by atoms with E-state index in [9.17, 15) is 0 Å². The smallest absolute Gasteiger partial charge is 0.0603 e. The van der Waals surface area contributed by atoms with E-state index in [2.05, 4.69) is 71.7 Å². The second kappa shape index (κ2) is 6.88. The highest BCUT2D eigenvalue weighted by Gasteiger charge is 2.23. The number of likely N-dealkylation sites (tertiary alicyclic amines) is 1. The predicted molar refractivity (Wildman–Crippen MR) is 87.9 cm³/mol. The van der Waals surface area contributed by atoms with Crippen LogP contribution in [0.1, 0.15) is 29.5 Å². The first-order chi connectivity index (χ1) is 10.3. The summed E-state index contributed by atoms with van der Waals surface area (Å²) in [4.78, 5) is 2.56. The van der Waals surface area contributed by atoms with Crippen molar-refractivity contribution in [3.63, 3.8) is 0 Å². The van der Waals surface area contributed by atoms with Gasteiger partial charge in [-0.15, -0.1) is 0 Å². The van der Waals surface area contributed by atoms with Crippen LogP contribution in [0.5, 0.6) is 0 Å². The van der Waals surface area contributed by atoms with Gasteiger partial charge in [0.2, 0.25) is 0 Å². The maximum atomic E-state index is 3.71. The summed E-state index contributed by atoms with van der Waals surface area (Å²) >= 11 is 0. The molecule has 2 heteroatoms. The molecule has 0 spiro atoms. The normalized spacial score (nSPS) is 19.0. The second-order valence-electron chi connectivity index (χ2n) is 5.98. The number of rotatable bonds is 5. The number of benzene rings is 2. The lowest BCUT2D eigenvalue weighted by Crippen LogP contribution is -2.40. The van der Waals surface area contributed by atoms with Gasteiger partial charge >= 0.3 is 0 Å². The molecule has 1 atom stereocenters. The van der Waals surface area contributed by atoms with Crippen LogP contribution in [0.2, 0.25) is 0 Å². The van der Waals surface area contributed by atoms with Gasteiger partial charge in [0, 0.05) is 19.6 Å². The largest absolute Gasteiger partial charge is 0.298 e. The number of nitrogens with one attached hydrogen (secondary N) is 1. The van der Waals surface area contributed by atoms with Crippen molar-refractivity contribution in [1.82, 2.24) is 10.2 Å². The molecule has 2 nitrogen and oxygen atoms in total. The molecule has 0 aliphatic carbocycles. The minimum absolute atomic E-state index is 0.506. The third kappa shape index (κ3) is 3.93. The van der Waals surface area contributed by atoms with Crippen molar-refractivity contribution >= 4 is 0 Å². The summed E-state index contributed by atoms with van der Waals surface area (Å²) in [5, 5.41) is 3.71. The van der Waals surface area contributed by atoms with Crippen LogP contribution >= 0.6 is 0 Å². The molecule has 0 radical (unpaired) electrons. The fourth-order valence-corrected chi connectivity index (χ4v) is 3.01. The number of hydrogen-bond donors (Lipinski definition) is 1. The summed E-state index contributed by atoms with van der Waals surface area (Å²) in [5.41, 5.74) is 4.10. The molecule has 3 rings (SSSR count). The highest BCUT2D eigenvalue weighted by Crippen LogP contribution is 2.18. The summed E-state index contributed by atoms with van der Waals surface area (Å²) in [5.74, 6) is 0. The zero-order chi connectivity index (χ0) is 14.5. The highest BCUT2D eigenvalue weighted by molar-refractivity contribution is 5.21. The van der Waals surface area contributed by atoms with Crippen molar-refractivity contribution in [1.29, 1.82) is 0 Å². The van der Waals surface area contributed by atoms with Gasteiger partial charge in [0.1, 0.15) is 0 Å². The van der Waals surface area contributed by atoms with Gasteiger partial charge in [-0.05, 0) is 30.9 Å². The Hall–Kier alpha value is -1.64. The molecule has 1 heterocycles. The van der Waals surface area contributed by atoms with Gasteiger partial charge in [-0.2, -0.15) is 0 Å². The van der Waals surface area contributed by atoms with Crippen LogP contribution in [0.4, 0.5) is 0 Å². The Bertz CT molecular complexity index is 548. The molecule has 0 amide bonds. The van der Waals surface area contributed by atoms with Crippen LogP contribution in [0.15, 0.2) is 54.6 Å². The average molecular weight is 280 g/mol. The molecule has 1 saturated heterocycles. The molecule has 1 aliphatic heterocycles. The van der Waals surface area contributed by atoms with E-state index in [-0.39, 0.29) is 0 Å². The van der Waals surface area contributed by atoms with E-state index in [0.29, 0.717) is 6.17 Å². The van der Waals surface area contributed by atoms with Gasteiger partial charge < -0.3 is 0 Å². The Kier molecular flexibility index (Phi) is 4.69. The zero-order valence-electron chi connectivity index (χ0n) is 12.8. The van der Waals surface area contributed by atoms with Gasteiger partial charge in [0.15, 0.2) is 0 Å². The lowest BCUT2D eigenvalue weighted by atomic mass is 10.1. The monoisotopic (exact) mass is 280 g/mol. The standard InChI is InChI=1S/C19H24N2/c1-16-9-11-17(12-10-16)14-20-19-8-5-13-21(19)15-18-6-3-2-4-7-18/h2-4,6-7,9-12,19-20H,5,8,13-15H2,1H3. The van der Waals surface area contributed by atoms with Gasteiger partial charge in [0.25, 0.3) is 0 Å². The van der Waals surface area contributed by atoms with Crippen LogP contribution in [0.3, 0.4) is 0 Å². The van der Waals surface area contributed by atoms with Crippen LogP contribution in [0, 0.1) is 6.92 Å². The van der Waals surface area contributed by atoms with Crippen LogP contribution < -0.4 is 5.32 Å². The Morgan fingerprint density at radius 1 is 1.00 bits per heavy atom. The van der Waals surface area contributed by atoms with Gasteiger partial charge in [0.05, 0.1) is 6.17 Å². The molecule has 1 aliphatic rings. The summed E-state index contributed by atoms with van der Waals surface area (Å²) in [6, 6.07) is 19.6. The minimum atomic E-state index is 0.506. The Morgan fingerprint density at radius 3 is 2.52 bits per heavy atom. The van der Waals surface area contributed by atoms with Gasteiger partial charge in [-0.1, -0.05) is 60.2 Å². The van der Waals surface area contributed by atoms with E-state index in [4.69, 9.17) is 0 Å². The van der Waals surface area contributed by atoms with E-state index in [1.807, 2.05) is 0 Å². The SMILES string of the molecule is Cc1ccc(CNC2CCCN2Cc2ccccc2)cc1. The van der Waals surface area contributed by atoms with E-state index >= 15 is 0 Å². The second-order valence-corrected chi connectivity index (χ2v) is 5.98. The lowest BCUT2D eigenvalue weighted by Gasteiger charge is -2.25. The summed E-state index contributed by atoms with van der Waals surface area (Å²) < 4.78 is 0. The summed E-state index contributed by atoms with van der Waals surface area (Å²) in [7, 11) is 0. The molecule has 0 bridgehead atoms. The first-order valence-electron chi connectivity index (χ1n) is 7.88. The fourth-order valence-electron chi connectivity index (χ4n) is 3.01. The predicted octanol–water partition coefficient (Wildman–Crippen LogP) is 3.71. The van der Waals surface area contributed by atoms with Crippen LogP contribution in [-0.2, 0) is 13.1 Å². The van der Waals surface area contributed by atoms with Crippen molar-refractivity contribution in [2.75, 3.05) is 6.54 Å². The first-order valence-corrected chi connectivity index (χ1v) is 7.88. The molecule has 0 saturated carbocycles. The zero-order valence-corrected chi connectivity index (χ0v) is 12.8. The molecule has 2 aromatic carbocycles. The molecule has 2 aromatic rings. The number of hydrogen-bond acceptors (Lipinski definition) is 2. The van der Waals surface area contributed by atoms with Gasteiger partial charge in [-0.25, -0.2) is 0 Å². The van der Waals surface area contributed by atoms with Crippen molar-refractivity contribution in [3.8, 4) is 0 Å². The average Bonchev–Trinajstić information content (AvgIpc) is 2.95. The highest BCUT2D eigenvalue weighted by atomic mass is 15.3. The maximum absolute atomic E-state index is 3.71. The third-order valence-corrected chi connectivity index (χ3v) is 4.25. The molecular weight excluding hydrogens is 256 g/mol. The molecule has 21 heavy (non-hydrogen) atoms. The van der Waals surface area contributed by atoms with E-state index in [1.54, 1.807) is 0 Å². The first kappa shape index (κ1) is 14.3. The Labute approximate surface area is 127 Å². The van der Waals surface area contributed by atoms with E-state index < -0.39 is 0 Å². The lowest BCUT2D eigenvalue weighted by molar-refractivity contribution is 0.208. The molecule has 1 fully saturated rings. The summed E-state index contributed by atoms with van der Waals surface area (Å²) in [6.07, 6.45) is 3.04. The van der Waals surface area contributed by atoms with E-state index in [1.165, 1.54) is 36.1 Å². The number of aryl methyl sites for hydroxylation is 1. The maximum Gasteiger partial charge on any atom is 0.0603 e. The molecular formula is C19H24N2. The third-order valence-electron chi connectivity index (χ3n) is 4.25. The fraction of sp³-hybridized carbons (Fsp3) is 0.368. The quantitative estimate of drug-likeness (QED) is 0.898. The molecule has 1 N–H and O–H groups in total. The Morgan fingerprint density at radius 2 is 1.76 bits per heavy atom. The Balaban J connectivity index is 1.55. The molecule has 1 unspecified atom stereocenters. The van der Waals surface area contributed by atoms with Crippen LogP contribution in [-0.4, -0.2) is 17.6 Å². The minimum Gasteiger partial charge on any atom is -0.298 e. The molecule has 0 aromatic heterocycles. The summed E-state index contributed by atoms with van der Waals surface area (Å²) in [6.45, 7) is 5.33. The number of nitrogens with zero attached hydrogens (tertiary/aromatic N) is 1.